The molecule has 4 aromatic rings. The number of aliphatic hydroxyl groups is 2. The zero-order chi connectivity index (χ0) is 29.2. The summed E-state index contributed by atoms with van der Waals surface area (Å²) in [5.74, 6) is -0.259. The maximum Gasteiger partial charge on any atom is 0.280 e. The van der Waals surface area contributed by atoms with E-state index in [4.69, 9.17) is 37.3 Å². The summed E-state index contributed by atoms with van der Waals surface area (Å²) in [7, 11) is 0. The summed E-state index contributed by atoms with van der Waals surface area (Å²) in [6.45, 7) is -5.66. The highest BCUT2D eigenvalue weighted by molar-refractivity contribution is 8.09. The normalized spacial score (nSPS) is 31.7. The molecule has 2 aliphatic rings. The highest BCUT2D eigenvalue weighted by Gasteiger charge is 2.54. The second-order valence-corrected chi connectivity index (χ2v) is 12.8. The van der Waals surface area contributed by atoms with Gasteiger partial charge in [0, 0.05) is 0 Å². The fraction of sp³-hybridized carbons (Fsp3) is 0.526. The zero-order valence-electron chi connectivity index (χ0n) is 20.5. The predicted octanol–water partition coefficient (Wildman–Crippen LogP) is -1.97. The van der Waals surface area contributed by atoms with Gasteiger partial charge in [0.1, 0.15) is 36.5 Å². The number of anilines is 2. The van der Waals surface area contributed by atoms with E-state index in [9.17, 15) is 19.9 Å². The van der Waals surface area contributed by atoms with Crippen molar-refractivity contribution >= 4 is 52.4 Å². The van der Waals surface area contributed by atoms with E-state index < -0.39 is 74.0 Å². The smallest absolute Gasteiger partial charge is 0.280 e. The third-order valence-electron chi connectivity index (χ3n) is 6.82. The van der Waals surface area contributed by atoms with Crippen LogP contribution in [0.2, 0.25) is 0 Å². The number of aromatic nitrogens is 9. The number of hydrogen-bond donors (Lipinski definition) is 6. The molecule has 0 radical (unpaired) electrons. The monoisotopic (exact) mass is 617 g/mol. The van der Waals surface area contributed by atoms with E-state index in [0.29, 0.717) is 0 Å². The molecule has 6 heterocycles. The standard InChI is InChI=1S/C19H22F2N11O7PS/c20-7-5(1-33)38-18(31-4-26-10-15(31)27-19(23)28-16(10)35)12(7)40(36,41)37-2-6-11(34)8(21)17(39-6)32-14-9(29-30-32)13(22)24-3-25-14/h3-8,11-12,17-18,33-34H,1-2H2,(H,36,41)(H2,22,24,25)(H3,23,27,28,35)/t5-,6-,7-,8+,11-,12-,17-,18-,40?/m1/s1. The topological polar surface area (TPSA) is 260 Å². The fourth-order valence-corrected chi connectivity index (χ4v) is 7.28. The van der Waals surface area contributed by atoms with E-state index in [0.717, 1.165) is 21.9 Å². The molecule has 6 rings (SSSR count). The van der Waals surface area contributed by atoms with Crippen LogP contribution in [-0.4, -0.2) is 109 Å². The Hall–Kier alpha value is -3.30. The highest BCUT2D eigenvalue weighted by atomic mass is 32.5. The van der Waals surface area contributed by atoms with Crippen LogP contribution in [0, 0.1) is 0 Å². The minimum absolute atomic E-state index is 0.000445. The summed E-state index contributed by atoms with van der Waals surface area (Å²) >= 11 is 5.30. The van der Waals surface area contributed by atoms with Gasteiger partial charge in [-0.15, -0.1) is 5.10 Å². The first kappa shape index (κ1) is 27.8. The molecular weight excluding hydrogens is 595 g/mol. The molecular formula is C19H22F2N11O7PS. The lowest BCUT2D eigenvalue weighted by atomic mass is 10.1. The molecule has 1 unspecified atom stereocenters. The molecule has 220 valence electrons. The zero-order valence-corrected chi connectivity index (χ0v) is 22.2. The van der Waals surface area contributed by atoms with Gasteiger partial charge < -0.3 is 40.6 Å². The molecule has 8 N–H and O–H groups in total. The van der Waals surface area contributed by atoms with Gasteiger partial charge >= 0.3 is 0 Å². The van der Waals surface area contributed by atoms with E-state index in [2.05, 4.69) is 35.2 Å². The molecule has 18 nitrogen and oxygen atoms in total. The van der Waals surface area contributed by atoms with Crippen LogP contribution in [0.4, 0.5) is 20.5 Å². The fourth-order valence-electron chi connectivity index (χ4n) is 4.81. The van der Waals surface area contributed by atoms with Crippen LogP contribution in [0.3, 0.4) is 0 Å². The average Bonchev–Trinajstić information content (AvgIpc) is 3.68. The Morgan fingerprint density at radius 3 is 2.63 bits per heavy atom. The number of H-pyrrole nitrogens is 1. The summed E-state index contributed by atoms with van der Waals surface area (Å²) in [5.41, 5.74) is 9.00. The molecule has 0 amide bonds. The number of rotatable bonds is 7. The molecule has 2 fully saturated rings. The molecule has 0 aromatic carbocycles. The molecule has 4 aromatic heterocycles. The van der Waals surface area contributed by atoms with Gasteiger partial charge in [-0.1, -0.05) is 5.21 Å². The second-order valence-electron chi connectivity index (χ2n) is 9.28. The Balaban J connectivity index is 1.25. The summed E-state index contributed by atoms with van der Waals surface area (Å²) in [6.07, 6.45) is -9.36. The molecule has 9 atom stereocenters. The quantitative estimate of drug-likeness (QED) is 0.123. The van der Waals surface area contributed by atoms with Crippen LogP contribution >= 0.6 is 6.49 Å². The first-order chi connectivity index (χ1) is 19.5. The maximum absolute atomic E-state index is 15.5. The molecule has 2 aliphatic heterocycles. The minimum Gasteiger partial charge on any atom is -0.394 e. The number of nitrogens with zero attached hydrogens (tertiary/aromatic N) is 8. The Bertz CT molecular complexity index is 1720. The number of ether oxygens (including phenoxy) is 2. The number of aromatic amines is 1. The van der Waals surface area contributed by atoms with Gasteiger partial charge in [0.2, 0.25) is 5.95 Å². The van der Waals surface area contributed by atoms with Crippen molar-refractivity contribution in [2.75, 3.05) is 24.7 Å². The number of halogens is 2. The van der Waals surface area contributed by atoms with Crippen molar-refractivity contribution < 1.29 is 37.9 Å². The lowest BCUT2D eigenvalue weighted by Gasteiger charge is -2.29. The number of fused-ring (bicyclic) bond motifs is 2. The van der Waals surface area contributed by atoms with Gasteiger partial charge in [0.05, 0.1) is 19.5 Å². The Morgan fingerprint density at radius 2 is 1.88 bits per heavy atom. The molecule has 22 heteroatoms. The van der Waals surface area contributed by atoms with Crippen molar-refractivity contribution in [3.63, 3.8) is 0 Å². The van der Waals surface area contributed by atoms with Crippen molar-refractivity contribution in [2.45, 2.75) is 48.8 Å². The first-order valence-corrected chi connectivity index (χ1v) is 14.6. The first-order valence-electron chi connectivity index (χ1n) is 11.9. The Morgan fingerprint density at radius 1 is 1.12 bits per heavy atom. The van der Waals surface area contributed by atoms with Gasteiger partial charge in [0.25, 0.3) is 5.56 Å². The molecule has 0 aliphatic carbocycles. The summed E-state index contributed by atoms with van der Waals surface area (Å²) in [4.78, 5) is 41.5. The van der Waals surface area contributed by atoms with Crippen molar-refractivity contribution in [1.82, 2.24) is 44.5 Å². The Labute approximate surface area is 231 Å². The van der Waals surface area contributed by atoms with Crippen molar-refractivity contribution in [2.24, 2.45) is 0 Å². The van der Waals surface area contributed by atoms with E-state index >= 15 is 8.78 Å². The maximum atomic E-state index is 15.5. The van der Waals surface area contributed by atoms with Crippen LogP contribution in [0.5, 0.6) is 0 Å². The summed E-state index contributed by atoms with van der Waals surface area (Å²) in [5, 5.41) is 27.8. The van der Waals surface area contributed by atoms with Crippen LogP contribution in [0.25, 0.3) is 22.3 Å². The highest BCUT2D eigenvalue weighted by Crippen LogP contribution is 2.58. The molecule has 2 saturated heterocycles. The number of hydrogen-bond acceptors (Lipinski definition) is 15. The van der Waals surface area contributed by atoms with Crippen molar-refractivity contribution in [3.8, 4) is 0 Å². The number of nitrogens with one attached hydrogen (secondary N) is 1. The van der Waals surface area contributed by atoms with Gasteiger partial charge in [-0.25, -0.2) is 23.7 Å². The van der Waals surface area contributed by atoms with E-state index in [1.165, 1.54) is 0 Å². The third kappa shape index (κ3) is 4.54. The van der Waals surface area contributed by atoms with Crippen LogP contribution in [-0.2, 0) is 25.8 Å². The minimum atomic E-state index is -4.23. The average molecular weight is 617 g/mol. The summed E-state index contributed by atoms with van der Waals surface area (Å²) in [6, 6.07) is 0. The van der Waals surface area contributed by atoms with Gasteiger partial charge in [-0.2, -0.15) is 9.67 Å². The largest absolute Gasteiger partial charge is 0.394 e. The lowest BCUT2D eigenvalue weighted by Crippen LogP contribution is -2.34. The number of alkyl halides is 2. The number of aliphatic hydroxyl groups excluding tert-OH is 2. The van der Waals surface area contributed by atoms with Gasteiger partial charge in [-0.05, 0) is 11.8 Å². The predicted molar refractivity (Wildman–Crippen MR) is 137 cm³/mol. The number of nitrogen functional groups attached to an aromatic ring is 2. The third-order valence-corrected chi connectivity index (χ3v) is 9.68. The molecule has 41 heavy (non-hydrogen) atoms. The number of nitrogens with two attached hydrogens (primary N) is 2. The van der Waals surface area contributed by atoms with E-state index in [1.54, 1.807) is 0 Å². The van der Waals surface area contributed by atoms with Crippen molar-refractivity contribution in [3.05, 3.63) is 23.0 Å². The van der Waals surface area contributed by atoms with Crippen LogP contribution in [0.1, 0.15) is 12.5 Å². The lowest BCUT2D eigenvalue weighted by molar-refractivity contribution is -0.0477. The van der Waals surface area contributed by atoms with Crippen molar-refractivity contribution in [1.29, 1.82) is 0 Å². The van der Waals surface area contributed by atoms with Crippen LogP contribution < -0.4 is 17.0 Å². The van der Waals surface area contributed by atoms with Gasteiger partial charge in [0.15, 0.2) is 53.3 Å². The second kappa shape index (κ2) is 10.2. The SMILES string of the molecule is Nc1nc2c(ncn2[C@@H]2O[C@H](CO)[C@@H](F)[C@H]2P(O)(=S)OC[C@H]2O[C@@H](n3nnc4c(N)ncnc43)[C@@H](F)[C@@H]2O)c(=O)[nH]1. The Kier molecular flexibility index (Phi) is 6.93. The van der Waals surface area contributed by atoms with E-state index in [1.807, 2.05) is 0 Å². The molecule has 0 bridgehead atoms. The number of imidazole rings is 1. The van der Waals surface area contributed by atoms with Crippen LogP contribution in [0.15, 0.2) is 17.4 Å². The van der Waals surface area contributed by atoms with Gasteiger partial charge in [-0.3, -0.25) is 14.3 Å². The molecule has 0 spiro atoms. The molecule has 0 saturated carbocycles. The summed E-state index contributed by atoms with van der Waals surface area (Å²) < 4.78 is 49.5. The van der Waals surface area contributed by atoms with E-state index in [-0.39, 0.29) is 34.1 Å².